The zero-order valence-electron chi connectivity index (χ0n) is 14.2. The molecule has 6 heteroatoms. The zero-order chi connectivity index (χ0) is 17.6. The molecule has 1 aromatic carbocycles. The third kappa shape index (κ3) is 5.32. The topological polar surface area (TPSA) is 75.4 Å². The van der Waals surface area contributed by atoms with Crippen molar-refractivity contribution < 1.29 is 14.0 Å². The van der Waals surface area contributed by atoms with E-state index in [0.29, 0.717) is 6.54 Å². The van der Waals surface area contributed by atoms with Crippen LogP contribution in [0.15, 0.2) is 24.3 Å². The van der Waals surface area contributed by atoms with Crippen LogP contribution >= 0.6 is 0 Å². The molecule has 1 rings (SSSR count). The molecule has 5 nitrogen and oxygen atoms in total. The fourth-order valence-corrected chi connectivity index (χ4v) is 2.27. The fraction of sp³-hybridized carbons (Fsp3) is 0.529. The van der Waals surface area contributed by atoms with Gasteiger partial charge in [0.1, 0.15) is 5.82 Å². The highest BCUT2D eigenvalue weighted by atomic mass is 19.1. The number of benzene rings is 1. The monoisotopic (exact) mass is 323 g/mol. The SMILES string of the molecule is CCN(C(=O)CNC(=O)[C@@H](N)C(C)C)C(C)c1ccc(F)cc1. The molecule has 3 N–H and O–H groups in total. The van der Waals surface area contributed by atoms with E-state index < -0.39 is 6.04 Å². The molecule has 0 radical (unpaired) electrons. The van der Waals surface area contributed by atoms with Gasteiger partial charge in [-0.1, -0.05) is 26.0 Å². The van der Waals surface area contributed by atoms with Crippen LogP contribution in [0.2, 0.25) is 0 Å². The number of hydrogen-bond donors (Lipinski definition) is 2. The van der Waals surface area contributed by atoms with Gasteiger partial charge in [-0.3, -0.25) is 9.59 Å². The van der Waals surface area contributed by atoms with Gasteiger partial charge in [0.15, 0.2) is 0 Å². The van der Waals surface area contributed by atoms with Crippen LogP contribution < -0.4 is 11.1 Å². The average molecular weight is 323 g/mol. The first-order valence-corrected chi connectivity index (χ1v) is 7.86. The summed E-state index contributed by atoms with van der Waals surface area (Å²) in [4.78, 5) is 25.8. The first kappa shape index (κ1) is 19.1. The van der Waals surface area contributed by atoms with Crippen molar-refractivity contribution in [3.63, 3.8) is 0 Å². The van der Waals surface area contributed by atoms with E-state index in [1.807, 2.05) is 27.7 Å². The van der Waals surface area contributed by atoms with Gasteiger partial charge in [-0.05, 0) is 37.5 Å². The molecule has 0 aliphatic rings. The third-order valence-electron chi connectivity index (χ3n) is 3.92. The van der Waals surface area contributed by atoms with Crippen molar-refractivity contribution in [1.82, 2.24) is 10.2 Å². The second kappa shape index (κ2) is 8.62. The van der Waals surface area contributed by atoms with E-state index >= 15 is 0 Å². The van der Waals surface area contributed by atoms with Crippen LogP contribution in [0.3, 0.4) is 0 Å². The molecule has 0 heterocycles. The number of halogens is 1. The van der Waals surface area contributed by atoms with Crippen molar-refractivity contribution in [3.8, 4) is 0 Å². The van der Waals surface area contributed by atoms with Crippen molar-refractivity contribution in [1.29, 1.82) is 0 Å². The molecule has 2 amide bonds. The van der Waals surface area contributed by atoms with Gasteiger partial charge in [0.25, 0.3) is 0 Å². The molecule has 0 saturated carbocycles. The van der Waals surface area contributed by atoms with Crippen LogP contribution in [0.4, 0.5) is 4.39 Å². The highest BCUT2D eigenvalue weighted by Gasteiger charge is 2.22. The lowest BCUT2D eigenvalue weighted by Crippen LogP contribution is -2.48. The summed E-state index contributed by atoms with van der Waals surface area (Å²) in [7, 11) is 0. The van der Waals surface area contributed by atoms with Crippen molar-refractivity contribution >= 4 is 11.8 Å². The molecule has 1 unspecified atom stereocenters. The van der Waals surface area contributed by atoms with Crippen LogP contribution in [0.5, 0.6) is 0 Å². The summed E-state index contributed by atoms with van der Waals surface area (Å²) in [6.45, 7) is 7.82. The molecule has 1 aromatic rings. The molecule has 0 aliphatic heterocycles. The fourth-order valence-electron chi connectivity index (χ4n) is 2.27. The Labute approximate surface area is 137 Å². The Hall–Kier alpha value is -1.95. The van der Waals surface area contributed by atoms with Gasteiger partial charge in [0.2, 0.25) is 11.8 Å². The summed E-state index contributed by atoms with van der Waals surface area (Å²) in [5.41, 5.74) is 6.59. The summed E-state index contributed by atoms with van der Waals surface area (Å²) in [6.07, 6.45) is 0. The minimum atomic E-state index is -0.632. The number of hydrogen-bond acceptors (Lipinski definition) is 3. The average Bonchev–Trinajstić information content (AvgIpc) is 2.52. The summed E-state index contributed by atoms with van der Waals surface area (Å²) >= 11 is 0. The van der Waals surface area contributed by atoms with Gasteiger partial charge in [0.05, 0.1) is 18.6 Å². The van der Waals surface area contributed by atoms with Crippen LogP contribution in [-0.4, -0.2) is 35.8 Å². The van der Waals surface area contributed by atoms with Crippen LogP contribution in [0.1, 0.15) is 39.3 Å². The van der Waals surface area contributed by atoms with Crippen LogP contribution in [0.25, 0.3) is 0 Å². The predicted molar refractivity (Wildman–Crippen MR) is 88.0 cm³/mol. The van der Waals surface area contributed by atoms with Gasteiger partial charge in [-0.2, -0.15) is 0 Å². The number of carbonyl (C=O) groups is 2. The van der Waals surface area contributed by atoms with E-state index in [2.05, 4.69) is 5.32 Å². The number of nitrogens with one attached hydrogen (secondary N) is 1. The first-order chi connectivity index (χ1) is 10.8. The van der Waals surface area contributed by atoms with Crippen LogP contribution in [0, 0.1) is 11.7 Å². The third-order valence-corrected chi connectivity index (χ3v) is 3.92. The number of nitrogens with zero attached hydrogens (tertiary/aromatic N) is 1. The summed E-state index contributed by atoms with van der Waals surface area (Å²) < 4.78 is 13.0. The lowest BCUT2D eigenvalue weighted by molar-refractivity contribution is -0.134. The number of likely N-dealkylation sites (N-methyl/N-ethyl adjacent to an activating group) is 1. The smallest absolute Gasteiger partial charge is 0.242 e. The molecular weight excluding hydrogens is 297 g/mol. The maximum Gasteiger partial charge on any atom is 0.242 e. The Morgan fingerprint density at radius 1 is 1.22 bits per heavy atom. The highest BCUT2D eigenvalue weighted by molar-refractivity contribution is 5.87. The van der Waals surface area contributed by atoms with E-state index in [9.17, 15) is 14.0 Å². The zero-order valence-corrected chi connectivity index (χ0v) is 14.2. The normalized spacial score (nSPS) is 13.5. The molecule has 0 fully saturated rings. The minimum Gasteiger partial charge on any atom is -0.346 e. The van der Waals surface area contributed by atoms with Gasteiger partial charge in [0, 0.05) is 6.54 Å². The Morgan fingerprint density at radius 3 is 2.26 bits per heavy atom. The predicted octanol–water partition coefficient (Wildman–Crippen LogP) is 1.83. The number of nitrogens with two attached hydrogens (primary N) is 1. The van der Waals surface area contributed by atoms with E-state index in [1.54, 1.807) is 17.0 Å². The van der Waals surface area contributed by atoms with Gasteiger partial charge < -0.3 is 16.0 Å². The van der Waals surface area contributed by atoms with Crippen molar-refractivity contribution in [2.75, 3.05) is 13.1 Å². The lowest BCUT2D eigenvalue weighted by Gasteiger charge is -2.29. The molecule has 128 valence electrons. The molecule has 0 bridgehead atoms. The van der Waals surface area contributed by atoms with Crippen molar-refractivity contribution in [2.24, 2.45) is 11.7 Å². The Morgan fingerprint density at radius 2 is 1.78 bits per heavy atom. The number of carbonyl (C=O) groups excluding carboxylic acids is 2. The van der Waals surface area contributed by atoms with Crippen LogP contribution in [-0.2, 0) is 9.59 Å². The van der Waals surface area contributed by atoms with E-state index in [-0.39, 0.29) is 36.1 Å². The van der Waals surface area contributed by atoms with E-state index in [1.165, 1.54) is 12.1 Å². The Kier molecular flexibility index (Phi) is 7.16. The number of rotatable bonds is 7. The molecular formula is C17H26FN3O2. The molecule has 0 aliphatic carbocycles. The van der Waals surface area contributed by atoms with Gasteiger partial charge in [-0.25, -0.2) is 4.39 Å². The minimum absolute atomic E-state index is 0.00511. The largest absolute Gasteiger partial charge is 0.346 e. The van der Waals surface area contributed by atoms with Crippen molar-refractivity contribution in [3.05, 3.63) is 35.6 Å². The van der Waals surface area contributed by atoms with Gasteiger partial charge in [-0.15, -0.1) is 0 Å². The summed E-state index contributed by atoms with van der Waals surface area (Å²) in [6, 6.07) is 5.21. The van der Waals surface area contributed by atoms with E-state index in [4.69, 9.17) is 5.73 Å². The summed E-state index contributed by atoms with van der Waals surface area (Å²) in [5.74, 6) is -0.844. The number of amides is 2. The summed E-state index contributed by atoms with van der Waals surface area (Å²) in [5, 5.41) is 2.58. The second-order valence-electron chi connectivity index (χ2n) is 5.89. The first-order valence-electron chi connectivity index (χ1n) is 7.86. The van der Waals surface area contributed by atoms with Crippen molar-refractivity contribution in [2.45, 2.75) is 39.8 Å². The second-order valence-corrected chi connectivity index (χ2v) is 5.89. The van der Waals surface area contributed by atoms with E-state index in [0.717, 1.165) is 5.56 Å². The molecule has 23 heavy (non-hydrogen) atoms. The molecule has 0 saturated heterocycles. The Bertz CT molecular complexity index is 531. The molecule has 0 spiro atoms. The standard InChI is InChI=1S/C17H26FN3O2/c1-5-21(12(4)13-6-8-14(18)9-7-13)15(22)10-20-17(23)16(19)11(2)3/h6-9,11-12,16H,5,10,19H2,1-4H3,(H,20,23)/t12?,16-/m0/s1. The Balaban J connectivity index is 2.68. The van der Waals surface area contributed by atoms with Gasteiger partial charge >= 0.3 is 0 Å². The maximum atomic E-state index is 13.0. The molecule has 0 aromatic heterocycles. The quantitative estimate of drug-likeness (QED) is 0.804. The maximum absolute atomic E-state index is 13.0. The molecule has 2 atom stereocenters. The lowest BCUT2D eigenvalue weighted by atomic mass is 10.0. The highest BCUT2D eigenvalue weighted by Crippen LogP contribution is 2.20.